The second-order valence-corrected chi connectivity index (χ2v) is 9.04. The van der Waals surface area contributed by atoms with Crippen LogP contribution in [0.4, 0.5) is 0 Å². The van der Waals surface area contributed by atoms with Gasteiger partial charge in [-0.3, -0.25) is 0 Å². The molecule has 0 spiro atoms. The molecule has 0 aliphatic heterocycles. The van der Waals surface area contributed by atoms with E-state index in [9.17, 15) is 0 Å². The van der Waals surface area contributed by atoms with Gasteiger partial charge in [0.2, 0.25) is 0 Å². The van der Waals surface area contributed by atoms with Gasteiger partial charge in [0.25, 0.3) is 0 Å². The summed E-state index contributed by atoms with van der Waals surface area (Å²) in [5.41, 5.74) is 6.58. The summed E-state index contributed by atoms with van der Waals surface area (Å²) in [6, 6.07) is 37.4. The molecule has 0 radical (unpaired) electrons. The van der Waals surface area contributed by atoms with Crippen LogP contribution in [0, 0.1) is 0 Å². The van der Waals surface area contributed by atoms with Crippen molar-refractivity contribution >= 4 is 21.5 Å². The van der Waals surface area contributed by atoms with Gasteiger partial charge in [-0.25, -0.2) is 0 Å². The average Bonchev–Trinajstić information content (AvgIpc) is 2.77. The highest BCUT2D eigenvalue weighted by atomic mass is 14.3. The van der Waals surface area contributed by atoms with Crippen molar-refractivity contribution in [3.8, 4) is 22.3 Å². The van der Waals surface area contributed by atoms with Crippen LogP contribution >= 0.6 is 0 Å². The van der Waals surface area contributed by atoms with E-state index in [4.69, 9.17) is 0 Å². The van der Waals surface area contributed by atoms with Crippen LogP contribution in [0.15, 0.2) is 103 Å². The third-order valence-corrected chi connectivity index (χ3v) is 5.94. The third kappa shape index (κ3) is 3.09. The summed E-state index contributed by atoms with van der Waals surface area (Å²) in [6.45, 7) is 6.95. The Bertz CT molecular complexity index is 1290. The van der Waals surface area contributed by atoms with Crippen molar-refractivity contribution in [2.24, 2.45) is 0 Å². The lowest BCUT2D eigenvalue weighted by Gasteiger charge is -2.26. The molecule has 0 aliphatic rings. The topological polar surface area (TPSA) is 0 Å². The lowest BCUT2D eigenvalue weighted by molar-refractivity contribution is 0.601. The van der Waals surface area contributed by atoms with Gasteiger partial charge in [0, 0.05) is 0 Å². The molecule has 0 aromatic heterocycles. The molecule has 0 heterocycles. The number of benzene rings is 5. The molecule has 0 unspecified atom stereocenters. The molecule has 0 amide bonds. The maximum atomic E-state index is 2.33. The Hall–Kier alpha value is -3.38. The minimum Gasteiger partial charge on any atom is -0.0622 e. The van der Waals surface area contributed by atoms with Gasteiger partial charge in [-0.15, -0.1) is 0 Å². The van der Waals surface area contributed by atoms with Crippen molar-refractivity contribution in [2.75, 3.05) is 0 Å². The van der Waals surface area contributed by atoms with Crippen molar-refractivity contribution < 1.29 is 0 Å². The van der Waals surface area contributed by atoms with Crippen LogP contribution in [0.2, 0.25) is 0 Å². The summed E-state index contributed by atoms with van der Waals surface area (Å²) < 4.78 is 0. The predicted octanol–water partition coefficient (Wildman–Crippen LogP) is 8.62. The smallest absolute Gasteiger partial charge is 0.00264 e. The van der Waals surface area contributed by atoms with E-state index in [-0.39, 0.29) is 5.41 Å². The van der Waals surface area contributed by atoms with Crippen molar-refractivity contribution in [2.45, 2.75) is 26.2 Å². The van der Waals surface area contributed by atoms with Gasteiger partial charge in [-0.05, 0) is 60.8 Å². The van der Waals surface area contributed by atoms with Gasteiger partial charge < -0.3 is 0 Å². The maximum absolute atomic E-state index is 2.33. The first-order valence-electron chi connectivity index (χ1n) is 10.6. The van der Waals surface area contributed by atoms with E-state index in [1.165, 1.54) is 49.4 Å². The Kier molecular flexibility index (Phi) is 4.44. The zero-order valence-electron chi connectivity index (χ0n) is 17.8. The van der Waals surface area contributed by atoms with Gasteiger partial charge in [-0.1, -0.05) is 118 Å². The Labute approximate surface area is 178 Å². The van der Waals surface area contributed by atoms with E-state index < -0.39 is 0 Å². The molecule has 5 rings (SSSR count). The van der Waals surface area contributed by atoms with Gasteiger partial charge in [-0.2, -0.15) is 0 Å². The van der Waals surface area contributed by atoms with E-state index >= 15 is 0 Å². The van der Waals surface area contributed by atoms with Crippen LogP contribution in [-0.2, 0) is 5.41 Å². The zero-order chi connectivity index (χ0) is 20.7. The van der Waals surface area contributed by atoms with Crippen LogP contribution in [0.1, 0.15) is 26.3 Å². The monoisotopic (exact) mass is 386 g/mol. The van der Waals surface area contributed by atoms with Crippen LogP contribution < -0.4 is 0 Å². The number of hydrogen-bond acceptors (Lipinski definition) is 0. The highest BCUT2D eigenvalue weighted by Gasteiger charge is 2.23. The fraction of sp³-hybridized carbons (Fsp3) is 0.133. The SMILES string of the molecule is CC(C)(C)c1c2ccccc2c(-c2cccc(-c3ccccc3)c2)c2ccccc12. The van der Waals surface area contributed by atoms with Crippen LogP contribution in [-0.4, -0.2) is 0 Å². The Morgan fingerprint density at radius 1 is 0.433 bits per heavy atom. The van der Waals surface area contributed by atoms with E-state index in [0.717, 1.165) is 0 Å². The number of hydrogen-bond donors (Lipinski definition) is 0. The molecule has 0 N–H and O–H groups in total. The van der Waals surface area contributed by atoms with Crippen molar-refractivity contribution in [1.82, 2.24) is 0 Å². The van der Waals surface area contributed by atoms with Crippen LogP contribution in [0.25, 0.3) is 43.8 Å². The predicted molar refractivity (Wildman–Crippen MR) is 131 cm³/mol. The fourth-order valence-electron chi connectivity index (χ4n) is 4.73. The first-order valence-corrected chi connectivity index (χ1v) is 10.6. The first-order chi connectivity index (χ1) is 14.5. The number of rotatable bonds is 2. The van der Waals surface area contributed by atoms with Crippen molar-refractivity contribution in [3.05, 3.63) is 109 Å². The normalized spacial score (nSPS) is 11.8. The molecule has 0 heteroatoms. The summed E-state index contributed by atoms with van der Waals surface area (Å²) in [4.78, 5) is 0. The molecule has 0 fully saturated rings. The molecule has 146 valence electrons. The second kappa shape index (κ2) is 7.15. The maximum Gasteiger partial charge on any atom is -0.00264 e. The summed E-state index contributed by atoms with van der Waals surface area (Å²) >= 11 is 0. The lowest BCUT2D eigenvalue weighted by Crippen LogP contribution is -2.13. The zero-order valence-corrected chi connectivity index (χ0v) is 17.8. The van der Waals surface area contributed by atoms with Gasteiger partial charge in [0.15, 0.2) is 0 Å². The Balaban J connectivity index is 1.89. The number of fused-ring (bicyclic) bond motifs is 2. The summed E-state index contributed by atoms with van der Waals surface area (Å²) in [7, 11) is 0. The van der Waals surface area contributed by atoms with Gasteiger partial charge >= 0.3 is 0 Å². The third-order valence-electron chi connectivity index (χ3n) is 5.94. The molecule has 5 aromatic rings. The Morgan fingerprint density at radius 2 is 0.900 bits per heavy atom. The summed E-state index contributed by atoms with van der Waals surface area (Å²) in [5, 5.41) is 5.35. The molecule has 0 bridgehead atoms. The minimum absolute atomic E-state index is 0.0592. The van der Waals surface area contributed by atoms with Gasteiger partial charge in [0.1, 0.15) is 0 Å². The van der Waals surface area contributed by atoms with Gasteiger partial charge in [0.05, 0.1) is 0 Å². The van der Waals surface area contributed by atoms with Crippen molar-refractivity contribution in [3.63, 3.8) is 0 Å². The fourth-order valence-corrected chi connectivity index (χ4v) is 4.73. The largest absolute Gasteiger partial charge is 0.0622 e. The molecule has 0 saturated heterocycles. The molecular weight excluding hydrogens is 360 g/mol. The van der Waals surface area contributed by atoms with E-state index in [2.05, 4.69) is 124 Å². The van der Waals surface area contributed by atoms with E-state index in [1.807, 2.05) is 0 Å². The molecule has 30 heavy (non-hydrogen) atoms. The van der Waals surface area contributed by atoms with Crippen LogP contribution in [0.5, 0.6) is 0 Å². The highest BCUT2D eigenvalue weighted by molar-refractivity contribution is 6.15. The first kappa shape index (κ1) is 18.6. The minimum atomic E-state index is 0.0592. The molecular formula is C30H26. The average molecular weight is 387 g/mol. The van der Waals surface area contributed by atoms with Crippen molar-refractivity contribution in [1.29, 1.82) is 0 Å². The standard InChI is InChI=1S/C30H26/c1-30(2,3)29-26-18-9-7-16-24(26)28(25-17-8-10-19-27(25)29)23-15-11-14-22(20-23)21-12-5-4-6-13-21/h4-20H,1-3H3. The van der Waals surface area contributed by atoms with E-state index in [1.54, 1.807) is 0 Å². The molecule has 0 saturated carbocycles. The second-order valence-electron chi connectivity index (χ2n) is 9.04. The highest BCUT2D eigenvalue weighted by Crippen LogP contribution is 2.43. The summed E-state index contributed by atoms with van der Waals surface area (Å²) in [5.74, 6) is 0. The molecule has 0 atom stereocenters. The van der Waals surface area contributed by atoms with Crippen LogP contribution in [0.3, 0.4) is 0 Å². The molecule has 5 aromatic carbocycles. The molecule has 0 aliphatic carbocycles. The van der Waals surface area contributed by atoms with E-state index in [0.29, 0.717) is 0 Å². The lowest BCUT2D eigenvalue weighted by atomic mass is 9.78. The quantitative estimate of drug-likeness (QED) is 0.266. The summed E-state index contributed by atoms with van der Waals surface area (Å²) in [6.07, 6.45) is 0. The molecule has 0 nitrogen and oxygen atoms in total. The Morgan fingerprint density at radius 3 is 1.47 bits per heavy atom.